The van der Waals surface area contributed by atoms with Crippen LogP contribution in [-0.2, 0) is 4.79 Å². The van der Waals surface area contributed by atoms with Gasteiger partial charge < -0.3 is 9.47 Å². The molecule has 6 nitrogen and oxygen atoms in total. The van der Waals surface area contributed by atoms with Crippen LogP contribution in [0.5, 0.6) is 11.5 Å². The third-order valence-corrected chi connectivity index (χ3v) is 3.96. The van der Waals surface area contributed by atoms with Gasteiger partial charge in [-0.05, 0) is 48.5 Å². The van der Waals surface area contributed by atoms with Gasteiger partial charge in [-0.1, -0.05) is 41.9 Å². The van der Waals surface area contributed by atoms with E-state index in [4.69, 9.17) is 21.1 Å². The molecule has 3 aromatic carbocycles. The highest BCUT2D eigenvalue weighted by molar-refractivity contribution is 6.30. The maximum absolute atomic E-state index is 12.3. The van der Waals surface area contributed by atoms with Gasteiger partial charge >= 0.3 is 5.97 Å². The number of nitrogens with zero attached hydrogens (tertiary/aromatic N) is 1. The maximum Gasteiger partial charge on any atom is 0.343 e. The largest absolute Gasteiger partial charge is 0.484 e. The molecule has 0 heterocycles. The zero-order valence-corrected chi connectivity index (χ0v) is 16.0. The van der Waals surface area contributed by atoms with E-state index in [9.17, 15) is 9.59 Å². The lowest BCUT2D eigenvalue weighted by Gasteiger charge is -2.07. The van der Waals surface area contributed by atoms with Crippen LogP contribution in [0.25, 0.3) is 0 Å². The lowest BCUT2D eigenvalue weighted by atomic mass is 10.2. The van der Waals surface area contributed by atoms with E-state index in [1.165, 1.54) is 6.21 Å². The number of nitrogens with one attached hydrogen (secondary N) is 1. The van der Waals surface area contributed by atoms with Gasteiger partial charge in [0, 0.05) is 10.6 Å². The first-order valence-corrected chi connectivity index (χ1v) is 9.06. The SMILES string of the molecule is O=C(COc1ccccc1)NN=Cc1ccccc1OC(=O)c1ccc(Cl)cc1. The van der Waals surface area contributed by atoms with Crippen LogP contribution in [0, 0.1) is 0 Å². The fraction of sp³-hybridized carbons (Fsp3) is 0.0455. The predicted molar refractivity (Wildman–Crippen MR) is 111 cm³/mol. The van der Waals surface area contributed by atoms with Crippen LogP contribution in [0.1, 0.15) is 15.9 Å². The molecule has 7 heteroatoms. The minimum atomic E-state index is -0.525. The Morgan fingerprint density at radius 3 is 2.38 bits per heavy atom. The molecule has 0 aliphatic rings. The highest BCUT2D eigenvalue weighted by Crippen LogP contribution is 2.18. The summed E-state index contributed by atoms with van der Waals surface area (Å²) in [5.74, 6) is -0.0411. The van der Waals surface area contributed by atoms with Crippen LogP contribution in [0.2, 0.25) is 5.02 Å². The summed E-state index contributed by atoms with van der Waals surface area (Å²) in [6, 6.07) is 22.2. The van der Waals surface area contributed by atoms with Crippen molar-refractivity contribution < 1.29 is 19.1 Å². The summed E-state index contributed by atoms with van der Waals surface area (Å²) < 4.78 is 10.8. The van der Waals surface area contributed by atoms with E-state index in [0.717, 1.165) is 0 Å². The summed E-state index contributed by atoms with van der Waals surface area (Å²) >= 11 is 5.83. The second kappa shape index (κ2) is 10.1. The molecule has 29 heavy (non-hydrogen) atoms. The second-order valence-electron chi connectivity index (χ2n) is 5.83. The summed E-state index contributed by atoms with van der Waals surface area (Å²) in [7, 11) is 0. The zero-order chi connectivity index (χ0) is 20.5. The molecule has 3 aromatic rings. The summed E-state index contributed by atoms with van der Waals surface area (Å²) in [5, 5.41) is 4.42. The lowest BCUT2D eigenvalue weighted by molar-refractivity contribution is -0.123. The number of hydrogen-bond acceptors (Lipinski definition) is 5. The van der Waals surface area contributed by atoms with Crippen LogP contribution in [-0.4, -0.2) is 24.7 Å². The van der Waals surface area contributed by atoms with Crippen molar-refractivity contribution in [3.05, 3.63) is 95.0 Å². The summed E-state index contributed by atoms with van der Waals surface area (Å²) in [4.78, 5) is 24.1. The Morgan fingerprint density at radius 1 is 0.931 bits per heavy atom. The van der Waals surface area contributed by atoms with Crippen LogP contribution in [0.4, 0.5) is 0 Å². The van der Waals surface area contributed by atoms with Gasteiger partial charge in [-0.15, -0.1) is 0 Å². The molecule has 146 valence electrons. The van der Waals surface area contributed by atoms with Crippen LogP contribution >= 0.6 is 11.6 Å². The Hall–Kier alpha value is -3.64. The number of hydrazone groups is 1. The van der Waals surface area contributed by atoms with Gasteiger partial charge in [0.15, 0.2) is 6.61 Å². The van der Waals surface area contributed by atoms with Crippen molar-refractivity contribution in [1.82, 2.24) is 5.43 Å². The second-order valence-corrected chi connectivity index (χ2v) is 6.27. The first kappa shape index (κ1) is 20.1. The monoisotopic (exact) mass is 408 g/mol. The molecule has 0 saturated carbocycles. The molecule has 0 atom stereocenters. The van der Waals surface area contributed by atoms with Gasteiger partial charge in [0.05, 0.1) is 11.8 Å². The number of carbonyl (C=O) groups excluding carboxylic acids is 2. The maximum atomic E-state index is 12.3. The summed E-state index contributed by atoms with van der Waals surface area (Å²) in [6.45, 7) is -0.172. The number of halogens is 1. The first-order chi connectivity index (χ1) is 14.1. The summed E-state index contributed by atoms with van der Waals surface area (Å²) in [5.41, 5.74) is 3.27. The highest BCUT2D eigenvalue weighted by atomic mass is 35.5. The number of para-hydroxylation sites is 2. The van der Waals surface area contributed by atoms with E-state index in [1.54, 1.807) is 60.7 Å². The average Bonchev–Trinajstić information content (AvgIpc) is 2.74. The molecular formula is C22H17ClN2O4. The van der Waals surface area contributed by atoms with E-state index in [-0.39, 0.29) is 6.61 Å². The van der Waals surface area contributed by atoms with Gasteiger partial charge in [-0.25, -0.2) is 10.2 Å². The fourth-order valence-corrected chi connectivity index (χ4v) is 2.42. The highest BCUT2D eigenvalue weighted by Gasteiger charge is 2.11. The van der Waals surface area contributed by atoms with Gasteiger partial charge in [0.1, 0.15) is 11.5 Å². The number of hydrogen-bond donors (Lipinski definition) is 1. The Kier molecular flexibility index (Phi) is 6.97. The Balaban J connectivity index is 1.57. The number of carbonyl (C=O) groups is 2. The number of rotatable bonds is 7. The van der Waals surface area contributed by atoms with E-state index < -0.39 is 11.9 Å². The normalized spacial score (nSPS) is 10.5. The van der Waals surface area contributed by atoms with Gasteiger partial charge in [0.25, 0.3) is 5.91 Å². The molecule has 0 spiro atoms. The molecule has 0 fully saturated rings. The van der Waals surface area contributed by atoms with Crippen molar-refractivity contribution in [2.75, 3.05) is 6.61 Å². The fourth-order valence-electron chi connectivity index (χ4n) is 2.30. The van der Waals surface area contributed by atoms with Crippen LogP contribution < -0.4 is 14.9 Å². The molecule has 0 aliphatic heterocycles. The quantitative estimate of drug-likeness (QED) is 0.276. The third-order valence-electron chi connectivity index (χ3n) is 3.71. The predicted octanol–water partition coefficient (Wildman–Crippen LogP) is 4.09. The van der Waals surface area contributed by atoms with Gasteiger partial charge in [-0.2, -0.15) is 5.10 Å². The van der Waals surface area contributed by atoms with Crippen molar-refractivity contribution in [2.24, 2.45) is 5.10 Å². The van der Waals surface area contributed by atoms with Crippen LogP contribution in [0.15, 0.2) is 84.0 Å². The molecule has 0 radical (unpaired) electrons. The Bertz CT molecular complexity index is 1000. The van der Waals surface area contributed by atoms with Crippen molar-refractivity contribution in [3.63, 3.8) is 0 Å². The molecule has 0 unspecified atom stereocenters. The number of amides is 1. The molecule has 3 rings (SSSR count). The topological polar surface area (TPSA) is 77.0 Å². The van der Waals surface area contributed by atoms with E-state index in [0.29, 0.717) is 27.6 Å². The van der Waals surface area contributed by atoms with Crippen molar-refractivity contribution in [1.29, 1.82) is 0 Å². The minimum absolute atomic E-state index is 0.172. The zero-order valence-electron chi connectivity index (χ0n) is 15.2. The third kappa shape index (κ3) is 6.19. The Labute approximate surface area is 172 Å². The van der Waals surface area contributed by atoms with Crippen molar-refractivity contribution in [3.8, 4) is 11.5 Å². The van der Waals surface area contributed by atoms with Crippen LogP contribution in [0.3, 0.4) is 0 Å². The number of esters is 1. The molecule has 1 N–H and O–H groups in total. The molecule has 0 aromatic heterocycles. The van der Waals surface area contributed by atoms with Crippen molar-refractivity contribution in [2.45, 2.75) is 0 Å². The van der Waals surface area contributed by atoms with Crippen molar-refractivity contribution >= 4 is 29.7 Å². The molecular weight excluding hydrogens is 392 g/mol. The number of benzene rings is 3. The smallest absolute Gasteiger partial charge is 0.343 e. The van der Waals surface area contributed by atoms with Gasteiger partial charge in [-0.3, -0.25) is 4.79 Å². The molecule has 0 saturated heterocycles. The van der Waals surface area contributed by atoms with E-state index in [2.05, 4.69) is 10.5 Å². The van der Waals surface area contributed by atoms with E-state index >= 15 is 0 Å². The molecule has 0 bridgehead atoms. The first-order valence-electron chi connectivity index (χ1n) is 8.68. The Morgan fingerprint density at radius 2 is 1.62 bits per heavy atom. The average molecular weight is 409 g/mol. The van der Waals surface area contributed by atoms with Gasteiger partial charge in [0.2, 0.25) is 0 Å². The lowest BCUT2D eigenvalue weighted by Crippen LogP contribution is -2.24. The number of ether oxygens (including phenoxy) is 2. The standard InChI is InChI=1S/C22H17ClN2O4/c23-18-12-10-16(11-13-18)22(27)29-20-9-5-4-6-17(20)14-24-25-21(26)15-28-19-7-2-1-3-8-19/h1-14H,15H2,(H,25,26). The summed E-state index contributed by atoms with van der Waals surface area (Å²) in [6.07, 6.45) is 1.39. The molecule has 0 aliphatic carbocycles. The minimum Gasteiger partial charge on any atom is -0.484 e. The molecule has 1 amide bonds. The van der Waals surface area contributed by atoms with E-state index in [1.807, 2.05) is 18.2 Å².